The number of nitrogens with zero attached hydrogens (tertiary/aromatic N) is 3. The largest absolute Gasteiger partial charge is 0.383 e. The molecular weight excluding hydrogens is 260 g/mol. The molecule has 1 aromatic rings. The summed E-state index contributed by atoms with van der Waals surface area (Å²) in [6.45, 7) is 1.82. The van der Waals surface area contributed by atoms with Crippen LogP contribution in [0.2, 0.25) is 0 Å². The minimum atomic E-state index is -0.0728. The molecule has 3 heterocycles. The smallest absolute Gasteiger partial charge is 0.272 e. The average molecular weight is 278 g/mol. The summed E-state index contributed by atoms with van der Waals surface area (Å²) in [7, 11) is 1.63. The molecule has 2 fully saturated rings. The van der Waals surface area contributed by atoms with Gasteiger partial charge in [-0.1, -0.05) is 0 Å². The number of fused-ring (bicyclic) bond motifs is 1. The first-order valence-corrected chi connectivity index (χ1v) is 6.80. The van der Waals surface area contributed by atoms with E-state index in [0.29, 0.717) is 31.8 Å². The zero-order valence-corrected chi connectivity index (χ0v) is 11.4. The molecule has 2 atom stereocenters. The number of methoxy groups -OCH3 is 1. The van der Waals surface area contributed by atoms with Crippen LogP contribution in [0.5, 0.6) is 0 Å². The van der Waals surface area contributed by atoms with Gasteiger partial charge in [0.2, 0.25) is 5.91 Å². The van der Waals surface area contributed by atoms with E-state index in [2.05, 4.69) is 9.97 Å². The second-order valence-electron chi connectivity index (χ2n) is 5.17. The third-order valence-electron chi connectivity index (χ3n) is 4.14. The third-order valence-corrected chi connectivity index (χ3v) is 4.14. The second-order valence-corrected chi connectivity index (χ2v) is 5.17. The van der Waals surface area contributed by atoms with Gasteiger partial charge in [-0.15, -0.1) is 0 Å². The molecule has 0 saturated carbocycles. The maximum atomic E-state index is 12.4. The second kappa shape index (κ2) is 5.24. The van der Waals surface area contributed by atoms with Crippen molar-refractivity contribution in [2.24, 2.45) is 0 Å². The molecule has 0 radical (unpaired) electrons. The van der Waals surface area contributed by atoms with E-state index in [1.807, 2.05) is 4.90 Å². The Morgan fingerprint density at radius 3 is 3.10 bits per heavy atom. The Morgan fingerprint density at radius 1 is 1.55 bits per heavy atom. The van der Waals surface area contributed by atoms with Crippen molar-refractivity contribution >= 4 is 11.8 Å². The number of rotatable bonds is 4. The topological polar surface area (TPSA) is 78.5 Å². The molecule has 1 aromatic heterocycles. The molecule has 0 aliphatic carbocycles. The first-order chi connectivity index (χ1) is 9.72. The van der Waals surface area contributed by atoms with Gasteiger partial charge < -0.3 is 19.5 Å². The van der Waals surface area contributed by atoms with Crippen LogP contribution in [-0.4, -0.2) is 70.5 Å². The summed E-state index contributed by atoms with van der Waals surface area (Å²) in [4.78, 5) is 34.8. The molecule has 1 N–H and O–H groups in total. The van der Waals surface area contributed by atoms with E-state index >= 15 is 0 Å². The van der Waals surface area contributed by atoms with Crippen LogP contribution in [0.3, 0.4) is 0 Å². The number of ether oxygens (including phenoxy) is 1. The van der Waals surface area contributed by atoms with Gasteiger partial charge in [-0.05, 0) is 6.42 Å². The quantitative estimate of drug-likeness (QED) is 0.832. The van der Waals surface area contributed by atoms with E-state index in [1.165, 1.54) is 12.5 Å². The van der Waals surface area contributed by atoms with Gasteiger partial charge >= 0.3 is 0 Å². The predicted molar refractivity (Wildman–Crippen MR) is 70.0 cm³/mol. The summed E-state index contributed by atoms with van der Waals surface area (Å²) in [6, 6.07) is 0.111. The number of amides is 2. The van der Waals surface area contributed by atoms with Crippen molar-refractivity contribution in [1.82, 2.24) is 19.8 Å². The molecule has 7 nitrogen and oxygen atoms in total. The molecule has 3 rings (SSSR count). The molecule has 0 spiro atoms. The lowest BCUT2D eigenvalue weighted by Crippen LogP contribution is -2.40. The molecule has 108 valence electrons. The lowest BCUT2D eigenvalue weighted by atomic mass is 10.1. The first-order valence-electron chi connectivity index (χ1n) is 6.80. The van der Waals surface area contributed by atoms with Gasteiger partial charge in [0.1, 0.15) is 5.69 Å². The molecule has 0 unspecified atom stereocenters. The van der Waals surface area contributed by atoms with Crippen LogP contribution in [0.1, 0.15) is 23.3 Å². The lowest BCUT2D eigenvalue weighted by molar-refractivity contribution is -0.129. The van der Waals surface area contributed by atoms with E-state index in [9.17, 15) is 9.59 Å². The number of carbonyl (C=O) groups is 2. The first kappa shape index (κ1) is 13.1. The lowest BCUT2D eigenvalue weighted by Gasteiger charge is -2.24. The van der Waals surface area contributed by atoms with Gasteiger partial charge in [0, 0.05) is 26.6 Å². The maximum absolute atomic E-state index is 12.4. The van der Waals surface area contributed by atoms with Crippen LogP contribution in [0.15, 0.2) is 12.5 Å². The monoisotopic (exact) mass is 278 g/mol. The molecule has 7 heteroatoms. The molecule has 20 heavy (non-hydrogen) atoms. The van der Waals surface area contributed by atoms with Crippen LogP contribution < -0.4 is 0 Å². The fourth-order valence-electron chi connectivity index (χ4n) is 3.19. The number of carbonyl (C=O) groups excluding carboxylic acids is 2. The molecule has 0 aromatic carbocycles. The van der Waals surface area contributed by atoms with Crippen molar-refractivity contribution in [3.63, 3.8) is 0 Å². The molecule has 2 amide bonds. The van der Waals surface area contributed by atoms with Crippen molar-refractivity contribution in [3.05, 3.63) is 18.2 Å². The Hall–Kier alpha value is -1.89. The Morgan fingerprint density at radius 2 is 2.40 bits per heavy atom. The van der Waals surface area contributed by atoms with Crippen molar-refractivity contribution < 1.29 is 14.3 Å². The van der Waals surface area contributed by atoms with E-state index in [0.717, 1.165) is 6.42 Å². The van der Waals surface area contributed by atoms with Gasteiger partial charge in [-0.25, -0.2) is 4.98 Å². The van der Waals surface area contributed by atoms with E-state index in [1.54, 1.807) is 12.0 Å². The van der Waals surface area contributed by atoms with E-state index < -0.39 is 0 Å². The highest BCUT2D eigenvalue weighted by Gasteiger charge is 2.48. The van der Waals surface area contributed by atoms with Crippen LogP contribution >= 0.6 is 0 Å². The Kier molecular flexibility index (Phi) is 3.43. The number of imidazole rings is 1. The summed E-state index contributed by atoms with van der Waals surface area (Å²) < 4.78 is 5.05. The Labute approximate surface area is 116 Å². The highest BCUT2D eigenvalue weighted by atomic mass is 16.5. The van der Waals surface area contributed by atoms with Gasteiger partial charge in [-0.3, -0.25) is 9.59 Å². The van der Waals surface area contributed by atoms with Crippen LogP contribution in [-0.2, 0) is 9.53 Å². The fraction of sp³-hybridized carbons (Fsp3) is 0.615. The van der Waals surface area contributed by atoms with Gasteiger partial charge in [0.25, 0.3) is 5.91 Å². The number of nitrogens with one attached hydrogen (secondary N) is 1. The van der Waals surface area contributed by atoms with E-state index in [4.69, 9.17) is 4.74 Å². The molecular formula is C13H18N4O3. The third kappa shape index (κ3) is 2.07. The zero-order chi connectivity index (χ0) is 14.1. The zero-order valence-electron chi connectivity index (χ0n) is 11.4. The van der Waals surface area contributed by atoms with Crippen molar-refractivity contribution in [2.75, 3.05) is 26.8 Å². The highest BCUT2D eigenvalue weighted by molar-refractivity contribution is 5.93. The summed E-state index contributed by atoms with van der Waals surface area (Å²) >= 11 is 0. The minimum Gasteiger partial charge on any atom is -0.383 e. The highest BCUT2D eigenvalue weighted by Crippen LogP contribution is 2.32. The number of H-pyrrole nitrogens is 1. The summed E-state index contributed by atoms with van der Waals surface area (Å²) in [5.74, 6) is 0.0375. The summed E-state index contributed by atoms with van der Waals surface area (Å²) in [6.07, 6.45) is 4.26. The molecule has 2 aliphatic rings. The van der Waals surface area contributed by atoms with Gasteiger partial charge in [0.05, 0.1) is 31.2 Å². The average Bonchev–Trinajstić information content (AvgIpc) is 3.12. The number of hydrogen-bond acceptors (Lipinski definition) is 4. The predicted octanol–water partition coefficient (Wildman–Crippen LogP) is -0.128. The SMILES string of the molecule is COCCN1C(=O)C[C@H]2[C@@H]1CCN2C(=O)c1cnc[nH]1. The summed E-state index contributed by atoms with van der Waals surface area (Å²) in [5, 5.41) is 0. The normalized spacial score (nSPS) is 25.4. The maximum Gasteiger partial charge on any atom is 0.272 e. The van der Waals surface area contributed by atoms with Gasteiger partial charge in [0.15, 0.2) is 0 Å². The minimum absolute atomic E-state index is 0.0184. The fourth-order valence-corrected chi connectivity index (χ4v) is 3.19. The van der Waals surface area contributed by atoms with Crippen LogP contribution in [0.25, 0.3) is 0 Å². The van der Waals surface area contributed by atoms with Gasteiger partial charge in [-0.2, -0.15) is 0 Å². The molecule has 2 saturated heterocycles. The Balaban J connectivity index is 1.73. The van der Waals surface area contributed by atoms with E-state index in [-0.39, 0.29) is 23.9 Å². The molecule has 2 aliphatic heterocycles. The van der Waals surface area contributed by atoms with Crippen molar-refractivity contribution in [1.29, 1.82) is 0 Å². The summed E-state index contributed by atoms with van der Waals surface area (Å²) in [5.41, 5.74) is 0.480. The number of aromatic nitrogens is 2. The van der Waals surface area contributed by atoms with Crippen molar-refractivity contribution in [3.8, 4) is 0 Å². The van der Waals surface area contributed by atoms with Crippen molar-refractivity contribution in [2.45, 2.75) is 24.9 Å². The number of likely N-dealkylation sites (tertiary alicyclic amines) is 2. The molecule has 0 bridgehead atoms. The number of aromatic amines is 1. The standard InChI is InChI=1S/C13H18N4O3/c1-20-5-4-16-10-2-3-17(11(10)6-12(16)18)13(19)9-7-14-8-15-9/h7-8,10-11H,2-6H2,1H3,(H,14,15)/t10-,11-/m0/s1. The number of hydrogen-bond donors (Lipinski definition) is 1. The van der Waals surface area contributed by atoms with Crippen LogP contribution in [0, 0.1) is 0 Å². The van der Waals surface area contributed by atoms with Crippen LogP contribution in [0.4, 0.5) is 0 Å². The Bertz CT molecular complexity index is 502.